The predicted molar refractivity (Wildman–Crippen MR) is 49.6 cm³/mol. The third-order valence-corrected chi connectivity index (χ3v) is 3.08. The molecule has 0 aliphatic rings. The molecule has 1 atom stereocenters. The zero-order valence-electron chi connectivity index (χ0n) is 7.47. The molecular weight excluding hydrogens is 160 g/mol. The Morgan fingerprint density at radius 3 is 2.18 bits per heavy atom. The number of likely N-dealkylation sites (N-methyl/N-ethyl adjacent to an activating group) is 1. The minimum Gasteiger partial charge on any atom is -0.368 e. The number of carbonyl (C=O) groups excluding carboxylic acids is 1. The fourth-order valence-corrected chi connectivity index (χ4v) is 1.42. The molecule has 0 spiro atoms. The zero-order valence-corrected chi connectivity index (χ0v) is 8.29. The molecule has 0 aliphatic carbocycles. The number of nitrogens with one attached hydrogen (secondary N) is 1. The summed E-state index contributed by atoms with van der Waals surface area (Å²) in [4.78, 5) is 10.9. The smallest absolute Gasteiger partial charge is 0.235 e. The second-order valence-corrected chi connectivity index (χ2v) is 4.39. The van der Waals surface area contributed by atoms with Crippen LogP contribution < -0.4 is 11.1 Å². The monoisotopic (exact) mass is 176 g/mol. The highest BCUT2D eigenvalue weighted by atomic mass is 32.2. The van der Waals surface area contributed by atoms with Crippen molar-refractivity contribution in [3.63, 3.8) is 0 Å². The van der Waals surface area contributed by atoms with E-state index < -0.39 is 0 Å². The molecule has 1 amide bonds. The molecule has 0 heterocycles. The molecule has 0 aromatic rings. The zero-order chi connectivity index (χ0) is 9.07. The van der Waals surface area contributed by atoms with E-state index in [-0.39, 0.29) is 16.7 Å². The highest BCUT2D eigenvalue weighted by molar-refractivity contribution is 8.00. The van der Waals surface area contributed by atoms with E-state index in [0.29, 0.717) is 0 Å². The first-order valence-electron chi connectivity index (χ1n) is 3.47. The van der Waals surface area contributed by atoms with Crippen molar-refractivity contribution in [2.75, 3.05) is 13.3 Å². The Hall–Kier alpha value is -0.220. The lowest BCUT2D eigenvalue weighted by atomic mass is 10.0. The molecule has 66 valence electrons. The lowest BCUT2D eigenvalue weighted by molar-refractivity contribution is -0.120. The third kappa shape index (κ3) is 2.71. The Morgan fingerprint density at radius 2 is 2.09 bits per heavy atom. The van der Waals surface area contributed by atoms with Gasteiger partial charge in [0.05, 0.1) is 0 Å². The van der Waals surface area contributed by atoms with Crippen molar-refractivity contribution in [3.05, 3.63) is 0 Å². The van der Waals surface area contributed by atoms with Crippen molar-refractivity contribution >= 4 is 17.7 Å². The van der Waals surface area contributed by atoms with Gasteiger partial charge in [0.1, 0.15) is 6.04 Å². The molecule has 0 aromatic heterocycles. The number of carbonyl (C=O) groups is 1. The van der Waals surface area contributed by atoms with Gasteiger partial charge in [0.2, 0.25) is 5.91 Å². The predicted octanol–water partition coefficient (Wildman–Crippen LogP) is 0.201. The second-order valence-electron chi connectivity index (χ2n) is 2.93. The van der Waals surface area contributed by atoms with Crippen LogP contribution in [0, 0.1) is 0 Å². The molecule has 0 saturated heterocycles. The largest absolute Gasteiger partial charge is 0.368 e. The van der Waals surface area contributed by atoms with Crippen molar-refractivity contribution in [2.45, 2.75) is 24.6 Å². The van der Waals surface area contributed by atoms with Crippen LogP contribution in [0.2, 0.25) is 0 Å². The first-order valence-corrected chi connectivity index (χ1v) is 4.70. The van der Waals surface area contributed by atoms with E-state index in [9.17, 15) is 4.79 Å². The van der Waals surface area contributed by atoms with E-state index >= 15 is 0 Å². The maximum absolute atomic E-state index is 10.9. The Kier molecular flexibility index (Phi) is 3.89. The van der Waals surface area contributed by atoms with Crippen molar-refractivity contribution < 1.29 is 4.79 Å². The number of amides is 1. The molecule has 0 unspecified atom stereocenters. The summed E-state index contributed by atoms with van der Waals surface area (Å²) in [6, 6.07) is -0.266. The van der Waals surface area contributed by atoms with Gasteiger partial charge in [-0.1, -0.05) is 0 Å². The van der Waals surface area contributed by atoms with Crippen LogP contribution in [0.15, 0.2) is 0 Å². The normalized spacial score (nSPS) is 14.5. The van der Waals surface area contributed by atoms with Gasteiger partial charge in [0.15, 0.2) is 0 Å². The van der Waals surface area contributed by atoms with E-state index in [1.807, 2.05) is 20.1 Å². The van der Waals surface area contributed by atoms with E-state index in [0.717, 1.165) is 0 Å². The number of hydrogen-bond acceptors (Lipinski definition) is 3. The molecule has 0 rings (SSSR count). The van der Waals surface area contributed by atoms with E-state index in [1.165, 1.54) is 0 Å². The molecule has 4 heteroatoms. The van der Waals surface area contributed by atoms with Gasteiger partial charge in [-0.05, 0) is 27.2 Å². The molecular formula is C7H16N2OS. The minimum atomic E-state index is -0.299. The third-order valence-electron chi connectivity index (χ3n) is 1.79. The maximum Gasteiger partial charge on any atom is 0.235 e. The van der Waals surface area contributed by atoms with Gasteiger partial charge < -0.3 is 11.1 Å². The van der Waals surface area contributed by atoms with Crippen LogP contribution in [0.3, 0.4) is 0 Å². The van der Waals surface area contributed by atoms with Gasteiger partial charge in [-0.15, -0.1) is 0 Å². The lowest BCUT2D eigenvalue weighted by Gasteiger charge is -2.29. The molecule has 0 saturated carbocycles. The summed E-state index contributed by atoms with van der Waals surface area (Å²) in [6.07, 6.45) is 1.97. The number of rotatable bonds is 4. The number of primary amides is 1. The Bertz CT molecular complexity index is 147. The molecule has 0 aliphatic heterocycles. The molecule has 11 heavy (non-hydrogen) atoms. The maximum atomic E-state index is 10.9. The van der Waals surface area contributed by atoms with Crippen LogP contribution in [0.25, 0.3) is 0 Å². The summed E-state index contributed by atoms with van der Waals surface area (Å²) < 4.78 is -0.138. The second kappa shape index (κ2) is 3.97. The first kappa shape index (κ1) is 10.8. The summed E-state index contributed by atoms with van der Waals surface area (Å²) in [5.41, 5.74) is 5.19. The highest BCUT2D eigenvalue weighted by Crippen LogP contribution is 2.24. The summed E-state index contributed by atoms with van der Waals surface area (Å²) in [5.74, 6) is -0.299. The van der Waals surface area contributed by atoms with Gasteiger partial charge in [0.25, 0.3) is 0 Å². The first-order chi connectivity index (χ1) is 4.95. The molecule has 3 nitrogen and oxygen atoms in total. The van der Waals surface area contributed by atoms with E-state index in [4.69, 9.17) is 5.73 Å². The van der Waals surface area contributed by atoms with Crippen molar-refractivity contribution in [2.24, 2.45) is 5.73 Å². The van der Waals surface area contributed by atoms with Crippen LogP contribution in [0.1, 0.15) is 13.8 Å². The molecule has 0 bridgehead atoms. The Morgan fingerprint density at radius 1 is 1.64 bits per heavy atom. The topological polar surface area (TPSA) is 55.1 Å². The van der Waals surface area contributed by atoms with Crippen molar-refractivity contribution in [3.8, 4) is 0 Å². The van der Waals surface area contributed by atoms with Crippen LogP contribution >= 0.6 is 11.8 Å². The highest BCUT2D eigenvalue weighted by Gasteiger charge is 2.31. The fraction of sp³-hybridized carbons (Fsp3) is 0.857. The summed E-state index contributed by atoms with van der Waals surface area (Å²) in [7, 11) is 1.74. The van der Waals surface area contributed by atoms with Gasteiger partial charge in [-0.25, -0.2) is 0 Å². The summed E-state index contributed by atoms with van der Waals surface area (Å²) >= 11 is 1.62. The molecule has 0 fully saturated rings. The number of nitrogens with two attached hydrogens (primary N) is 1. The Balaban J connectivity index is 4.36. The van der Waals surface area contributed by atoms with Crippen LogP contribution in [0.5, 0.6) is 0 Å². The van der Waals surface area contributed by atoms with Gasteiger partial charge >= 0.3 is 0 Å². The number of thioether (sulfide) groups is 1. The average Bonchev–Trinajstić information content (AvgIpc) is 1.88. The van der Waals surface area contributed by atoms with Gasteiger partial charge in [-0.2, -0.15) is 11.8 Å². The fourth-order valence-electron chi connectivity index (χ4n) is 0.950. The minimum absolute atomic E-state index is 0.138. The molecule has 3 N–H and O–H groups in total. The SMILES string of the molecule is CN[C@H](C(N)=O)C(C)(C)SC. The van der Waals surface area contributed by atoms with Gasteiger partial charge in [-0.3, -0.25) is 4.79 Å². The van der Waals surface area contributed by atoms with Gasteiger partial charge in [0, 0.05) is 4.75 Å². The van der Waals surface area contributed by atoms with Crippen molar-refractivity contribution in [1.82, 2.24) is 5.32 Å². The number of hydrogen-bond donors (Lipinski definition) is 2. The lowest BCUT2D eigenvalue weighted by Crippen LogP contribution is -2.51. The summed E-state index contributed by atoms with van der Waals surface area (Å²) in [5, 5.41) is 2.90. The van der Waals surface area contributed by atoms with Crippen LogP contribution in [-0.4, -0.2) is 30.0 Å². The Labute approximate surface area is 72.1 Å². The van der Waals surface area contributed by atoms with E-state index in [1.54, 1.807) is 18.8 Å². The molecule has 0 aromatic carbocycles. The summed E-state index contributed by atoms with van der Waals surface area (Å²) in [6.45, 7) is 3.98. The van der Waals surface area contributed by atoms with E-state index in [2.05, 4.69) is 5.32 Å². The average molecular weight is 176 g/mol. The van der Waals surface area contributed by atoms with Crippen molar-refractivity contribution in [1.29, 1.82) is 0 Å². The molecule has 0 radical (unpaired) electrons. The standard InChI is InChI=1S/C7H16N2OS/c1-7(2,11-4)5(9-3)6(8)10/h5,9H,1-4H3,(H2,8,10)/t5-/m1/s1. The quantitative estimate of drug-likeness (QED) is 0.643. The van der Waals surface area contributed by atoms with Crippen LogP contribution in [0.4, 0.5) is 0 Å². The van der Waals surface area contributed by atoms with Crippen LogP contribution in [-0.2, 0) is 4.79 Å².